The summed E-state index contributed by atoms with van der Waals surface area (Å²) >= 11 is 0. The number of hydrogen-bond acceptors (Lipinski definition) is 3. The summed E-state index contributed by atoms with van der Waals surface area (Å²) in [6.07, 6.45) is 4.09. The molecule has 0 saturated heterocycles. The van der Waals surface area contributed by atoms with E-state index in [0.717, 1.165) is 29.5 Å². The third-order valence-corrected chi connectivity index (χ3v) is 3.53. The molecule has 23 heavy (non-hydrogen) atoms. The van der Waals surface area contributed by atoms with Crippen LogP contribution in [0.2, 0.25) is 0 Å². The summed E-state index contributed by atoms with van der Waals surface area (Å²) in [5, 5.41) is 1.04. The maximum atomic E-state index is 5.98. The van der Waals surface area contributed by atoms with Crippen LogP contribution in [0.5, 0.6) is 11.6 Å². The lowest BCUT2D eigenvalue weighted by molar-refractivity contribution is 0.284. The van der Waals surface area contributed by atoms with E-state index < -0.39 is 0 Å². The Balaban J connectivity index is 2.13. The summed E-state index contributed by atoms with van der Waals surface area (Å²) < 4.78 is 11.8. The standard InChI is InChI=1S/C20H27NO2/c1-15(2)8-7-12-23-20-14-19(22-13-11-16(3)4)17-9-5-6-10-18(17)21-20/h5-6,8-10,14,16H,7,11-13H2,1-4H3. The number of allylic oxidation sites excluding steroid dienone is 1. The molecule has 2 rings (SSSR count). The summed E-state index contributed by atoms with van der Waals surface area (Å²) in [7, 11) is 0. The number of rotatable bonds is 8. The van der Waals surface area contributed by atoms with Crippen molar-refractivity contribution in [2.75, 3.05) is 13.2 Å². The SMILES string of the molecule is CC(C)=CCCOc1cc(OCCC(C)C)c2ccccc2n1. The number of benzene rings is 1. The molecule has 0 aliphatic heterocycles. The van der Waals surface area contributed by atoms with E-state index in [1.807, 2.05) is 30.3 Å². The van der Waals surface area contributed by atoms with E-state index in [9.17, 15) is 0 Å². The van der Waals surface area contributed by atoms with Crippen LogP contribution in [0.25, 0.3) is 10.9 Å². The molecule has 0 aliphatic rings. The summed E-state index contributed by atoms with van der Waals surface area (Å²) in [6, 6.07) is 9.94. The Morgan fingerprint density at radius 2 is 1.91 bits per heavy atom. The van der Waals surface area contributed by atoms with Gasteiger partial charge < -0.3 is 9.47 Å². The van der Waals surface area contributed by atoms with Gasteiger partial charge in [-0.15, -0.1) is 0 Å². The van der Waals surface area contributed by atoms with Gasteiger partial charge in [-0.1, -0.05) is 37.6 Å². The number of nitrogens with zero attached hydrogens (tertiary/aromatic N) is 1. The zero-order valence-electron chi connectivity index (χ0n) is 14.6. The van der Waals surface area contributed by atoms with Crippen molar-refractivity contribution in [1.29, 1.82) is 0 Å². The van der Waals surface area contributed by atoms with Gasteiger partial charge in [0.15, 0.2) is 0 Å². The van der Waals surface area contributed by atoms with Crippen LogP contribution in [0.3, 0.4) is 0 Å². The second kappa shape index (κ2) is 8.56. The fourth-order valence-corrected chi connectivity index (χ4v) is 2.23. The number of hydrogen-bond donors (Lipinski definition) is 0. The highest BCUT2D eigenvalue weighted by molar-refractivity contribution is 5.85. The topological polar surface area (TPSA) is 31.4 Å². The van der Waals surface area contributed by atoms with Gasteiger partial charge in [-0.3, -0.25) is 0 Å². The first-order valence-electron chi connectivity index (χ1n) is 8.35. The monoisotopic (exact) mass is 313 g/mol. The van der Waals surface area contributed by atoms with Gasteiger partial charge in [-0.05, 0) is 44.7 Å². The van der Waals surface area contributed by atoms with E-state index in [1.165, 1.54) is 5.57 Å². The molecule has 0 unspecified atom stereocenters. The van der Waals surface area contributed by atoms with Gasteiger partial charge in [0, 0.05) is 11.5 Å². The smallest absolute Gasteiger partial charge is 0.217 e. The molecule has 3 heteroatoms. The molecule has 0 spiro atoms. The average molecular weight is 313 g/mol. The fraction of sp³-hybridized carbons (Fsp3) is 0.450. The Kier molecular flexibility index (Phi) is 6.45. The Bertz CT molecular complexity index is 658. The Hall–Kier alpha value is -2.03. The number of para-hydroxylation sites is 1. The van der Waals surface area contributed by atoms with Crippen molar-refractivity contribution in [3.63, 3.8) is 0 Å². The highest BCUT2D eigenvalue weighted by atomic mass is 16.5. The molecule has 3 nitrogen and oxygen atoms in total. The van der Waals surface area contributed by atoms with Crippen LogP contribution < -0.4 is 9.47 Å². The Morgan fingerprint density at radius 3 is 2.65 bits per heavy atom. The second-order valence-electron chi connectivity index (χ2n) is 6.43. The van der Waals surface area contributed by atoms with Crippen molar-refractivity contribution >= 4 is 10.9 Å². The lowest BCUT2D eigenvalue weighted by Gasteiger charge is -2.12. The molecule has 0 bridgehead atoms. The highest BCUT2D eigenvalue weighted by Crippen LogP contribution is 2.28. The van der Waals surface area contributed by atoms with Crippen LogP contribution in [-0.4, -0.2) is 18.2 Å². The average Bonchev–Trinajstić information content (AvgIpc) is 2.51. The Morgan fingerprint density at radius 1 is 1.13 bits per heavy atom. The Labute approximate surface area is 139 Å². The van der Waals surface area contributed by atoms with Crippen molar-refractivity contribution < 1.29 is 9.47 Å². The van der Waals surface area contributed by atoms with Crippen molar-refractivity contribution in [2.24, 2.45) is 5.92 Å². The number of aromatic nitrogens is 1. The zero-order chi connectivity index (χ0) is 16.7. The first-order chi connectivity index (χ1) is 11.1. The molecule has 0 radical (unpaired) electrons. The first kappa shape index (κ1) is 17.3. The fourth-order valence-electron chi connectivity index (χ4n) is 2.23. The van der Waals surface area contributed by atoms with Gasteiger partial charge in [0.1, 0.15) is 5.75 Å². The van der Waals surface area contributed by atoms with E-state index >= 15 is 0 Å². The maximum Gasteiger partial charge on any atom is 0.217 e. The van der Waals surface area contributed by atoms with Crippen molar-refractivity contribution in [3.8, 4) is 11.6 Å². The summed E-state index contributed by atoms with van der Waals surface area (Å²) in [6.45, 7) is 9.92. The second-order valence-corrected chi connectivity index (χ2v) is 6.43. The molecular formula is C20H27NO2. The van der Waals surface area contributed by atoms with Gasteiger partial charge in [-0.2, -0.15) is 0 Å². The molecule has 0 fully saturated rings. The van der Waals surface area contributed by atoms with Crippen molar-refractivity contribution in [1.82, 2.24) is 4.98 Å². The number of pyridine rings is 1. The molecule has 0 N–H and O–H groups in total. The molecule has 2 aromatic rings. The zero-order valence-corrected chi connectivity index (χ0v) is 14.6. The predicted octanol–water partition coefficient (Wildman–Crippen LogP) is 5.39. The van der Waals surface area contributed by atoms with Gasteiger partial charge in [0.2, 0.25) is 5.88 Å². The molecule has 0 aliphatic carbocycles. The third kappa shape index (κ3) is 5.59. The predicted molar refractivity (Wildman–Crippen MR) is 96.2 cm³/mol. The van der Waals surface area contributed by atoms with E-state index in [0.29, 0.717) is 25.0 Å². The van der Waals surface area contributed by atoms with Crippen LogP contribution in [0.1, 0.15) is 40.5 Å². The molecule has 0 saturated carbocycles. The minimum atomic E-state index is 0.627. The maximum absolute atomic E-state index is 5.98. The van der Waals surface area contributed by atoms with Crippen molar-refractivity contribution in [2.45, 2.75) is 40.5 Å². The van der Waals surface area contributed by atoms with Gasteiger partial charge in [0.05, 0.1) is 18.7 Å². The van der Waals surface area contributed by atoms with Gasteiger partial charge in [0.25, 0.3) is 0 Å². The largest absolute Gasteiger partial charge is 0.493 e. The van der Waals surface area contributed by atoms with E-state index in [1.54, 1.807) is 0 Å². The summed E-state index contributed by atoms with van der Waals surface area (Å²) in [5.41, 5.74) is 2.21. The van der Waals surface area contributed by atoms with Gasteiger partial charge >= 0.3 is 0 Å². The van der Waals surface area contributed by atoms with E-state index in [4.69, 9.17) is 9.47 Å². The molecule has 124 valence electrons. The van der Waals surface area contributed by atoms with Crippen LogP contribution >= 0.6 is 0 Å². The number of ether oxygens (including phenoxy) is 2. The molecule has 1 aromatic heterocycles. The lowest BCUT2D eigenvalue weighted by Crippen LogP contribution is -2.03. The number of fused-ring (bicyclic) bond motifs is 1. The van der Waals surface area contributed by atoms with Crippen LogP contribution in [0.4, 0.5) is 0 Å². The summed E-state index contributed by atoms with van der Waals surface area (Å²) in [4.78, 5) is 4.57. The van der Waals surface area contributed by atoms with E-state index in [-0.39, 0.29) is 0 Å². The molecule has 0 atom stereocenters. The van der Waals surface area contributed by atoms with Crippen molar-refractivity contribution in [3.05, 3.63) is 42.0 Å². The third-order valence-electron chi connectivity index (χ3n) is 3.53. The van der Waals surface area contributed by atoms with Crippen LogP contribution in [-0.2, 0) is 0 Å². The molecule has 1 heterocycles. The lowest BCUT2D eigenvalue weighted by atomic mass is 10.1. The summed E-state index contributed by atoms with van der Waals surface area (Å²) in [5.74, 6) is 2.11. The molecule has 0 amide bonds. The van der Waals surface area contributed by atoms with E-state index in [2.05, 4.69) is 38.8 Å². The minimum Gasteiger partial charge on any atom is -0.493 e. The molecule has 1 aromatic carbocycles. The molecular weight excluding hydrogens is 286 g/mol. The highest BCUT2D eigenvalue weighted by Gasteiger charge is 2.08. The minimum absolute atomic E-state index is 0.627. The van der Waals surface area contributed by atoms with Crippen LogP contribution in [0.15, 0.2) is 42.0 Å². The normalized spacial score (nSPS) is 10.8. The van der Waals surface area contributed by atoms with Gasteiger partial charge in [-0.25, -0.2) is 4.98 Å². The van der Waals surface area contributed by atoms with Crippen LogP contribution in [0, 0.1) is 5.92 Å². The first-order valence-corrected chi connectivity index (χ1v) is 8.35. The quantitative estimate of drug-likeness (QED) is 0.483.